The van der Waals surface area contributed by atoms with Gasteiger partial charge in [0.2, 0.25) is 5.91 Å². The van der Waals surface area contributed by atoms with Gasteiger partial charge in [0.1, 0.15) is 0 Å². The fraction of sp³-hybridized carbons (Fsp3) is 0.231. The van der Waals surface area contributed by atoms with Gasteiger partial charge in [-0.3, -0.25) is 4.79 Å². The summed E-state index contributed by atoms with van der Waals surface area (Å²) in [5.41, 5.74) is 1.88. The zero-order chi connectivity index (χ0) is 12.3. The van der Waals surface area contributed by atoms with Gasteiger partial charge >= 0.3 is 5.97 Å². The summed E-state index contributed by atoms with van der Waals surface area (Å²) < 4.78 is 0. The number of allylic oxidation sites excluding steroid dienone is 1. The Bertz CT molecular complexity index is 477. The number of carbonyl (C=O) groups excluding carboxylic acids is 1. The molecule has 0 saturated heterocycles. The summed E-state index contributed by atoms with van der Waals surface area (Å²) in [6, 6.07) is 9.78. The molecule has 88 valence electrons. The molecule has 4 heteroatoms. The number of nitrogens with one attached hydrogen (secondary N) is 1. The van der Waals surface area contributed by atoms with Gasteiger partial charge in [-0.25, -0.2) is 4.79 Å². The Kier molecular flexibility index (Phi) is 3.23. The summed E-state index contributed by atoms with van der Waals surface area (Å²) in [7, 11) is 0. The Balaban J connectivity index is 2.05. The third kappa shape index (κ3) is 2.72. The van der Waals surface area contributed by atoms with Crippen LogP contribution in [0.3, 0.4) is 0 Å². The molecule has 0 bridgehead atoms. The smallest absolute Gasteiger partial charge is 0.333 e. The van der Waals surface area contributed by atoms with E-state index < -0.39 is 5.97 Å². The van der Waals surface area contributed by atoms with E-state index in [2.05, 4.69) is 5.32 Å². The molecule has 0 aliphatic carbocycles. The molecule has 2 rings (SSSR count). The van der Waals surface area contributed by atoms with Gasteiger partial charge in [-0.15, -0.1) is 0 Å². The second-order valence-corrected chi connectivity index (χ2v) is 3.97. The van der Waals surface area contributed by atoms with Crippen molar-refractivity contribution in [1.29, 1.82) is 0 Å². The lowest BCUT2D eigenvalue weighted by Crippen LogP contribution is -2.15. The van der Waals surface area contributed by atoms with Crippen LogP contribution in [-0.4, -0.2) is 17.0 Å². The molecule has 17 heavy (non-hydrogen) atoms. The van der Waals surface area contributed by atoms with E-state index in [0.29, 0.717) is 12.1 Å². The number of carboxylic acid groups (broad SMARTS) is 1. The number of rotatable bonds is 4. The quantitative estimate of drug-likeness (QED) is 0.824. The molecule has 1 aliphatic rings. The predicted molar refractivity (Wildman–Crippen MR) is 62.2 cm³/mol. The van der Waals surface area contributed by atoms with Crippen molar-refractivity contribution in [2.75, 3.05) is 0 Å². The SMILES string of the molecule is O=C1CC(C(=O)O)=C(CCc2ccccc2)N1. The minimum absolute atomic E-state index is 0.0144. The van der Waals surface area contributed by atoms with Crippen LogP contribution in [0, 0.1) is 0 Å². The lowest BCUT2D eigenvalue weighted by molar-refractivity contribution is -0.133. The van der Waals surface area contributed by atoms with Crippen LogP contribution in [0.2, 0.25) is 0 Å². The summed E-state index contributed by atoms with van der Waals surface area (Å²) in [5.74, 6) is -1.24. The van der Waals surface area contributed by atoms with Gasteiger partial charge in [-0.05, 0) is 18.4 Å². The van der Waals surface area contributed by atoms with E-state index in [4.69, 9.17) is 5.11 Å². The van der Waals surface area contributed by atoms with Crippen molar-refractivity contribution in [2.24, 2.45) is 0 Å². The van der Waals surface area contributed by atoms with Crippen molar-refractivity contribution in [3.8, 4) is 0 Å². The van der Waals surface area contributed by atoms with Crippen LogP contribution in [0.15, 0.2) is 41.6 Å². The van der Waals surface area contributed by atoms with Gasteiger partial charge in [-0.1, -0.05) is 30.3 Å². The van der Waals surface area contributed by atoms with Crippen molar-refractivity contribution in [3.05, 3.63) is 47.2 Å². The summed E-state index contributed by atoms with van der Waals surface area (Å²) in [5, 5.41) is 11.6. The first-order chi connectivity index (χ1) is 8.16. The second-order valence-electron chi connectivity index (χ2n) is 3.97. The Labute approximate surface area is 99.0 Å². The van der Waals surface area contributed by atoms with E-state index in [0.717, 1.165) is 12.0 Å². The zero-order valence-electron chi connectivity index (χ0n) is 9.27. The minimum Gasteiger partial charge on any atom is -0.478 e. The molecule has 1 amide bonds. The highest BCUT2D eigenvalue weighted by atomic mass is 16.4. The average molecular weight is 231 g/mol. The Hall–Kier alpha value is -2.10. The average Bonchev–Trinajstić information content (AvgIpc) is 2.69. The van der Waals surface area contributed by atoms with Crippen molar-refractivity contribution < 1.29 is 14.7 Å². The van der Waals surface area contributed by atoms with E-state index in [9.17, 15) is 9.59 Å². The van der Waals surface area contributed by atoms with Crippen LogP contribution in [0.4, 0.5) is 0 Å². The third-order valence-electron chi connectivity index (χ3n) is 2.76. The van der Waals surface area contributed by atoms with E-state index >= 15 is 0 Å². The molecular formula is C13H13NO3. The molecule has 1 heterocycles. The van der Waals surface area contributed by atoms with Crippen LogP contribution in [0.5, 0.6) is 0 Å². The molecule has 0 aromatic heterocycles. The topological polar surface area (TPSA) is 66.4 Å². The number of aliphatic carboxylic acids is 1. The third-order valence-corrected chi connectivity index (χ3v) is 2.76. The van der Waals surface area contributed by atoms with Gasteiger partial charge < -0.3 is 10.4 Å². The molecule has 1 aromatic rings. The fourth-order valence-electron chi connectivity index (χ4n) is 1.89. The first-order valence-electron chi connectivity index (χ1n) is 5.46. The summed E-state index contributed by atoms with van der Waals surface area (Å²) in [4.78, 5) is 22.1. The van der Waals surface area contributed by atoms with Gasteiger partial charge in [0, 0.05) is 5.70 Å². The molecular weight excluding hydrogens is 218 g/mol. The lowest BCUT2D eigenvalue weighted by Gasteiger charge is -2.04. The number of hydrogen-bond acceptors (Lipinski definition) is 2. The van der Waals surface area contributed by atoms with Crippen LogP contribution >= 0.6 is 0 Å². The van der Waals surface area contributed by atoms with E-state index in [1.807, 2.05) is 30.3 Å². The van der Waals surface area contributed by atoms with Crippen LogP contribution in [-0.2, 0) is 16.0 Å². The van der Waals surface area contributed by atoms with E-state index in [1.165, 1.54) is 0 Å². The Morgan fingerprint density at radius 3 is 2.59 bits per heavy atom. The molecule has 0 spiro atoms. The molecule has 0 unspecified atom stereocenters. The Morgan fingerprint density at radius 1 is 1.24 bits per heavy atom. The predicted octanol–water partition coefficient (Wildman–Crippen LogP) is 1.48. The highest BCUT2D eigenvalue weighted by Crippen LogP contribution is 2.19. The van der Waals surface area contributed by atoms with Gasteiger partial charge in [0.25, 0.3) is 0 Å². The van der Waals surface area contributed by atoms with Gasteiger partial charge in [-0.2, -0.15) is 0 Å². The minimum atomic E-state index is -1.01. The highest BCUT2D eigenvalue weighted by molar-refractivity contribution is 5.99. The van der Waals surface area contributed by atoms with Crippen LogP contribution in [0.1, 0.15) is 18.4 Å². The molecule has 0 fully saturated rings. The van der Waals surface area contributed by atoms with Gasteiger partial charge in [0.15, 0.2) is 0 Å². The molecule has 1 aliphatic heterocycles. The molecule has 0 saturated carbocycles. The maximum absolute atomic E-state index is 11.2. The number of benzene rings is 1. The van der Waals surface area contributed by atoms with Crippen molar-refractivity contribution in [3.63, 3.8) is 0 Å². The largest absolute Gasteiger partial charge is 0.478 e. The monoisotopic (exact) mass is 231 g/mol. The maximum atomic E-state index is 11.2. The second kappa shape index (κ2) is 4.82. The lowest BCUT2D eigenvalue weighted by atomic mass is 10.1. The Morgan fingerprint density at radius 2 is 1.94 bits per heavy atom. The standard InChI is InChI=1S/C13H13NO3/c15-12-8-10(13(16)17)11(14-12)7-6-9-4-2-1-3-5-9/h1-5H,6-8H2,(H,14,15)(H,16,17). The van der Waals surface area contributed by atoms with E-state index in [-0.39, 0.29) is 17.9 Å². The van der Waals surface area contributed by atoms with Gasteiger partial charge in [0.05, 0.1) is 12.0 Å². The molecule has 0 radical (unpaired) electrons. The summed E-state index contributed by atoms with van der Waals surface area (Å²) in [6.07, 6.45) is 1.27. The zero-order valence-corrected chi connectivity index (χ0v) is 9.27. The number of aryl methyl sites for hydroxylation is 1. The number of amides is 1. The summed E-state index contributed by atoms with van der Waals surface area (Å²) >= 11 is 0. The molecule has 4 nitrogen and oxygen atoms in total. The normalized spacial score (nSPS) is 14.9. The fourth-order valence-corrected chi connectivity index (χ4v) is 1.89. The van der Waals surface area contributed by atoms with Crippen LogP contribution in [0.25, 0.3) is 0 Å². The molecule has 1 aromatic carbocycles. The van der Waals surface area contributed by atoms with Crippen molar-refractivity contribution in [2.45, 2.75) is 19.3 Å². The molecule has 0 atom stereocenters. The van der Waals surface area contributed by atoms with Crippen LogP contribution < -0.4 is 5.32 Å². The molecule has 2 N–H and O–H groups in total. The summed E-state index contributed by atoms with van der Waals surface area (Å²) in [6.45, 7) is 0. The number of hydrogen-bond donors (Lipinski definition) is 2. The number of carboxylic acids is 1. The highest BCUT2D eigenvalue weighted by Gasteiger charge is 2.25. The van der Waals surface area contributed by atoms with Crippen molar-refractivity contribution in [1.82, 2.24) is 5.32 Å². The number of carbonyl (C=O) groups is 2. The van der Waals surface area contributed by atoms with E-state index in [1.54, 1.807) is 0 Å². The first-order valence-corrected chi connectivity index (χ1v) is 5.46. The maximum Gasteiger partial charge on any atom is 0.333 e. The van der Waals surface area contributed by atoms with Crippen molar-refractivity contribution >= 4 is 11.9 Å². The first kappa shape index (κ1) is 11.4.